The molecule has 3 saturated heterocycles. The van der Waals surface area contributed by atoms with Crippen LogP contribution >= 0.6 is 0 Å². The fourth-order valence-electron chi connectivity index (χ4n) is 4.22. The Kier molecular flexibility index (Phi) is 4.00. The Morgan fingerprint density at radius 3 is 2.71 bits per heavy atom. The van der Waals surface area contributed by atoms with Crippen LogP contribution in [-0.4, -0.2) is 53.5 Å². The molecule has 0 saturated carbocycles. The lowest BCUT2D eigenvalue weighted by Gasteiger charge is -2.40. The number of nitrogens with zero attached hydrogens (tertiary/aromatic N) is 2. The molecular weight excluding hydrogens is 306 g/mol. The van der Waals surface area contributed by atoms with E-state index >= 15 is 0 Å². The Bertz CT molecular complexity index is 620. The van der Waals surface area contributed by atoms with Crippen molar-refractivity contribution in [1.82, 2.24) is 15.2 Å². The summed E-state index contributed by atoms with van der Waals surface area (Å²) in [5, 5.41) is 3.22. The molecule has 1 N–H and O–H groups in total. The lowest BCUT2D eigenvalue weighted by molar-refractivity contribution is -0.137. The van der Waals surface area contributed by atoms with Gasteiger partial charge in [0, 0.05) is 37.6 Å². The summed E-state index contributed by atoms with van der Waals surface area (Å²) >= 11 is 0. The van der Waals surface area contributed by atoms with E-state index in [0.717, 1.165) is 44.3 Å². The van der Waals surface area contributed by atoms with Crippen molar-refractivity contribution in [3.05, 3.63) is 30.1 Å². The highest BCUT2D eigenvalue weighted by Crippen LogP contribution is 2.39. The first-order valence-corrected chi connectivity index (χ1v) is 8.75. The molecule has 6 heteroatoms. The smallest absolute Gasteiger partial charge is 0.228 e. The van der Waals surface area contributed by atoms with Crippen LogP contribution in [0.1, 0.15) is 37.2 Å². The fourth-order valence-corrected chi connectivity index (χ4v) is 4.22. The Hall–Kier alpha value is -1.95. The minimum absolute atomic E-state index is 0.0294. The van der Waals surface area contributed by atoms with Crippen molar-refractivity contribution >= 4 is 11.8 Å². The average molecular weight is 329 g/mol. The molecule has 4 rings (SSSR count). The number of hydrogen-bond acceptors (Lipinski definition) is 4. The highest BCUT2D eigenvalue weighted by atomic mass is 16.5. The molecule has 2 unspecified atom stereocenters. The third-order valence-electron chi connectivity index (χ3n) is 5.72. The Labute approximate surface area is 141 Å². The van der Waals surface area contributed by atoms with E-state index in [1.807, 2.05) is 17.0 Å². The molecule has 1 aromatic heterocycles. The van der Waals surface area contributed by atoms with Gasteiger partial charge in [-0.2, -0.15) is 0 Å². The fraction of sp³-hybridized carbons (Fsp3) is 0.611. The summed E-state index contributed by atoms with van der Waals surface area (Å²) in [5.74, 6) is 0.253. The van der Waals surface area contributed by atoms with Crippen LogP contribution in [0.2, 0.25) is 0 Å². The van der Waals surface area contributed by atoms with Crippen molar-refractivity contribution in [2.75, 3.05) is 26.3 Å². The van der Waals surface area contributed by atoms with E-state index in [1.165, 1.54) is 0 Å². The largest absolute Gasteiger partial charge is 0.381 e. The van der Waals surface area contributed by atoms with Gasteiger partial charge in [-0.1, -0.05) is 0 Å². The lowest BCUT2D eigenvalue weighted by atomic mass is 9.82. The van der Waals surface area contributed by atoms with Gasteiger partial charge in [0.05, 0.1) is 18.4 Å². The van der Waals surface area contributed by atoms with Crippen LogP contribution in [-0.2, 0) is 14.3 Å². The van der Waals surface area contributed by atoms with E-state index in [4.69, 9.17) is 4.74 Å². The summed E-state index contributed by atoms with van der Waals surface area (Å²) < 4.78 is 5.33. The number of rotatable bonds is 2. The standard InChI is InChI=1S/C18H23N3O3/c22-16-15(13-1-6-19-7-2-13)11-18(20-16)4-8-21(9-5-18)17(23)14-3-10-24-12-14/h1-2,6-7,14-15H,3-5,8-12H2,(H,20,22). The molecule has 3 fully saturated rings. The predicted octanol–water partition coefficient (Wildman–Crippen LogP) is 1.08. The zero-order chi connectivity index (χ0) is 16.6. The minimum Gasteiger partial charge on any atom is -0.381 e. The number of amides is 2. The third kappa shape index (κ3) is 2.79. The van der Waals surface area contributed by atoms with Crippen LogP contribution in [0, 0.1) is 5.92 Å². The number of nitrogens with one attached hydrogen (secondary N) is 1. The Morgan fingerprint density at radius 1 is 1.29 bits per heavy atom. The maximum atomic E-state index is 12.5. The number of pyridine rings is 1. The second kappa shape index (κ2) is 6.16. The van der Waals surface area contributed by atoms with Crippen LogP contribution in [0.5, 0.6) is 0 Å². The number of piperidine rings is 1. The zero-order valence-corrected chi connectivity index (χ0v) is 13.7. The summed E-state index contributed by atoms with van der Waals surface area (Å²) in [6.45, 7) is 2.69. The van der Waals surface area contributed by atoms with Gasteiger partial charge in [-0.15, -0.1) is 0 Å². The van der Waals surface area contributed by atoms with E-state index in [0.29, 0.717) is 13.2 Å². The van der Waals surface area contributed by atoms with Crippen LogP contribution in [0.15, 0.2) is 24.5 Å². The molecule has 128 valence electrons. The maximum Gasteiger partial charge on any atom is 0.228 e. The molecule has 0 aromatic carbocycles. The van der Waals surface area contributed by atoms with Crippen molar-refractivity contribution < 1.29 is 14.3 Å². The number of hydrogen-bond donors (Lipinski definition) is 1. The molecular formula is C18H23N3O3. The monoisotopic (exact) mass is 329 g/mol. The van der Waals surface area contributed by atoms with Gasteiger partial charge in [-0.25, -0.2) is 0 Å². The van der Waals surface area contributed by atoms with Crippen molar-refractivity contribution in [2.45, 2.75) is 37.1 Å². The molecule has 0 radical (unpaired) electrons. The summed E-state index contributed by atoms with van der Waals surface area (Å²) in [4.78, 5) is 30.9. The molecule has 2 amide bonds. The number of carbonyl (C=O) groups excluding carboxylic acids is 2. The SMILES string of the molecule is O=C1NC2(CCN(C(=O)C3CCOC3)CC2)CC1c1ccncc1. The van der Waals surface area contributed by atoms with Gasteiger partial charge >= 0.3 is 0 Å². The van der Waals surface area contributed by atoms with E-state index in [9.17, 15) is 9.59 Å². The first-order valence-electron chi connectivity index (χ1n) is 8.75. The summed E-state index contributed by atoms with van der Waals surface area (Å²) in [7, 11) is 0. The first kappa shape index (κ1) is 15.6. The van der Waals surface area contributed by atoms with Gasteiger partial charge in [-0.05, 0) is 43.4 Å². The summed E-state index contributed by atoms with van der Waals surface area (Å²) in [5.41, 5.74) is 0.870. The van der Waals surface area contributed by atoms with E-state index in [1.54, 1.807) is 12.4 Å². The second-order valence-electron chi connectivity index (χ2n) is 7.19. The summed E-state index contributed by atoms with van der Waals surface area (Å²) in [6.07, 6.45) is 6.78. The highest BCUT2D eigenvalue weighted by molar-refractivity contribution is 5.87. The number of aromatic nitrogens is 1. The second-order valence-corrected chi connectivity index (χ2v) is 7.19. The number of carbonyl (C=O) groups is 2. The molecule has 0 bridgehead atoms. The van der Waals surface area contributed by atoms with Crippen molar-refractivity contribution in [1.29, 1.82) is 0 Å². The predicted molar refractivity (Wildman–Crippen MR) is 87.2 cm³/mol. The molecule has 6 nitrogen and oxygen atoms in total. The van der Waals surface area contributed by atoms with E-state index in [2.05, 4.69) is 10.3 Å². The van der Waals surface area contributed by atoms with Gasteiger partial charge in [-0.3, -0.25) is 14.6 Å². The average Bonchev–Trinajstić information content (AvgIpc) is 3.25. The topological polar surface area (TPSA) is 71.5 Å². The normalized spacial score (nSPS) is 29.0. The van der Waals surface area contributed by atoms with Crippen molar-refractivity contribution in [2.24, 2.45) is 5.92 Å². The third-order valence-corrected chi connectivity index (χ3v) is 5.72. The van der Waals surface area contributed by atoms with Crippen LogP contribution < -0.4 is 5.32 Å². The summed E-state index contributed by atoms with van der Waals surface area (Å²) in [6, 6.07) is 3.84. The lowest BCUT2D eigenvalue weighted by Crippen LogP contribution is -2.53. The minimum atomic E-state index is -0.159. The molecule has 4 heterocycles. The number of ether oxygens (including phenoxy) is 1. The molecule has 1 spiro atoms. The van der Waals surface area contributed by atoms with Crippen LogP contribution in [0.4, 0.5) is 0 Å². The van der Waals surface area contributed by atoms with Crippen LogP contribution in [0.3, 0.4) is 0 Å². The Morgan fingerprint density at radius 2 is 2.04 bits per heavy atom. The van der Waals surface area contributed by atoms with Gasteiger partial charge in [0.25, 0.3) is 0 Å². The maximum absolute atomic E-state index is 12.5. The molecule has 24 heavy (non-hydrogen) atoms. The van der Waals surface area contributed by atoms with E-state index < -0.39 is 0 Å². The quantitative estimate of drug-likeness (QED) is 0.881. The molecule has 3 aliphatic heterocycles. The molecule has 2 atom stereocenters. The molecule has 3 aliphatic rings. The Balaban J connectivity index is 1.40. The van der Waals surface area contributed by atoms with Gasteiger partial charge in [0.15, 0.2) is 0 Å². The van der Waals surface area contributed by atoms with E-state index in [-0.39, 0.29) is 29.2 Å². The molecule has 0 aliphatic carbocycles. The van der Waals surface area contributed by atoms with Gasteiger partial charge in [0.1, 0.15) is 0 Å². The highest BCUT2D eigenvalue weighted by Gasteiger charge is 2.47. The van der Waals surface area contributed by atoms with Crippen molar-refractivity contribution in [3.8, 4) is 0 Å². The molecule has 1 aromatic rings. The first-order chi connectivity index (χ1) is 11.7. The van der Waals surface area contributed by atoms with Crippen LogP contribution in [0.25, 0.3) is 0 Å². The van der Waals surface area contributed by atoms with Crippen molar-refractivity contribution in [3.63, 3.8) is 0 Å². The van der Waals surface area contributed by atoms with Gasteiger partial charge in [0.2, 0.25) is 11.8 Å². The zero-order valence-electron chi connectivity index (χ0n) is 13.7. The van der Waals surface area contributed by atoms with Gasteiger partial charge < -0.3 is 15.0 Å². The number of likely N-dealkylation sites (tertiary alicyclic amines) is 1.